The summed E-state index contributed by atoms with van der Waals surface area (Å²) in [4.78, 5) is 0. The second-order valence-electron chi connectivity index (χ2n) is 1.65. The van der Waals surface area contributed by atoms with E-state index < -0.39 is 0 Å². The predicted molar refractivity (Wildman–Crippen MR) is 51.9 cm³/mol. The molecular weight excluding hydrogens is 199 g/mol. The molecule has 0 saturated heterocycles. The van der Waals surface area contributed by atoms with Crippen molar-refractivity contribution >= 4 is 29.0 Å². The van der Waals surface area contributed by atoms with Crippen LogP contribution in [-0.4, -0.2) is 4.20 Å². The SMILES string of the molecule is S=C([S-])c1ccccc1.[CH3-].[K+]. The van der Waals surface area contributed by atoms with Crippen molar-refractivity contribution in [3.05, 3.63) is 43.3 Å². The zero-order valence-electron chi connectivity index (χ0n) is 6.70. The average molecular weight is 207 g/mol. The molecule has 0 heterocycles. The van der Waals surface area contributed by atoms with E-state index in [9.17, 15) is 0 Å². The van der Waals surface area contributed by atoms with E-state index >= 15 is 0 Å². The Kier molecular flexibility index (Phi) is 10.4. The van der Waals surface area contributed by atoms with Crippen LogP contribution >= 0.6 is 12.2 Å². The van der Waals surface area contributed by atoms with Crippen LogP contribution in [0.5, 0.6) is 0 Å². The summed E-state index contributed by atoms with van der Waals surface area (Å²) >= 11 is 9.55. The maximum absolute atomic E-state index is 4.78. The van der Waals surface area contributed by atoms with E-state index in [1.165, 1.54) is 0 Å². The van der Waals surface area contributed by atoms with Crippen LogP contribution in [-0.2, 0) is 12.6 Å². The van der Waals surface area contributed by atoms with Gasteiger partial charge in [0.25, 0.3) is 0 Å². The predicted octanol–water partition coefficient (Wildman–Crippen LogP) is -0.637. The third-order valence-electron chi connectivity index (χ3n) is 1.01. The summed E-state index contributed by atoms with van der Waals surface area (Å²) in [7, 11) is 0. The molecule has 3 heteroatoms. The smallest absolute Gasteiger partial charge is 0.428 e. The number of thiocarbonyl (C=S) groups is 1. The van der Waals surface area contributed by atoms with Crippen LogP contribution in [0.1, 0.15) is 5.56 Å². The maximum atomic E-state index is 4.78. The molecule has 0 bridgehead atoms. The standard InChI is InChI=1S/C7H6S2.CH3.K/c8-7(9)6-4-2-1-3-5-6;;/h1-5H,(H,8,9);1H3;/q;-1;+1/p-1. The first-order valence-corrected chi connectivity index (χ1v) is 3.39. The van der Waals surface area contributed by atoms with Gasteiger partial charge in [0.15, 0.2) is 0 Å². The minimum atomic E-state index is 0. The summed E-state index contributed by atoms with van der Waals surface area (Å²) in [5.74, 6) is 0. The monoisotopic (exact) mass is 207 g/mol. The van der Waals surface area contributed by atoms with E-state index in [4.69, 9.17) is 24.8 Å². The van der Waals surface area contributed by atoms with Crippen molar-refractivity contribution in [2.24, 2.45) is 0 Å². The van der Waals surface area contributed by atoms with E-state index in [0.29, 0.717) is 4.20 Å². The first-order chi connectivity index (χ1) is 4.30. The summed E-state index contributed by atoms with van der Waals surface area (Å²) in [6.07, 6.45) is 0. The van der Waals surface area contributed by atoms with Crippen LogP contribution < -0.4 is 51.4 Å². The molecule has 0 aliphatic heterocycles. The summed E-state index contributed by atoms with van der Waals surface area (Å²) in [6.45, 7) is 0. The fraction of sp³-hybridized carbons (Fsp3) is 0. The fourth-order valence-corrected chi connectivity index (χ4v) is 0.846. The Balaban J connectivity index is 0. The number of hydrogen-bond acceptors (Lipinski definition) is 2. The van der Waals surface area contributed by atoms with Gasteiger partial charge >= 0.3 is 51.4 Å². The normalized spacial score (nSPS) is 7.27. The molecule has 0 fully saturated rings. The summed E-state index contributed by atoms with van der Waals surface area (Å²) in [5, 5.41) is 0. The first kappa shape index (κ1) is 14.7. The quantitative estimate of drug-likeness (QED) is 0.260. The number of hydrogen-bond donors (Lipinski definition) is 0. The van der Waals surface area contributed by atoms with Crippen LogP contribution in [0.2, 0.25) is 0 Å². The Labute approximate surface area is 122 Å². The van der Waals surface area contributed by atoms with E-state index in [-0.39, 0.29) is 58.8 Å². The van der Waals surface area contributed by atoms with E-state index in [2.05, 4.69) is 0 Å². The third kappa shape index (κ3) is 5.41. The molecule has 0 saturated carbocycles. The number of rotatable bonds is 1. The zero-order valence-corrected chi connectivity index (χ0v) is 11.5. The molecule has 0 nitrogen and oxygen atoms in total. The summed E-state index contributed by atoms with van der Waals surface area (Å²) < 4.78 is 0.538. The molecule has 11 heavy (non-hydrogen) atoms. The van der Waals surface area contributed by atoms with E-state index in [1.807, 2.05) is 30.3 Å². The first-order valence-electron chi connectivity index (χ1n) is 2.57. The molecule has 1 aromatic rings. The Bertz CT molecular complexity index is 209. The molecule has 54 valence electrons. The largest absolute Gasteiger partial charge is 1.00 e. The van der Waals surface area contributed by atoms with Crippen molar-refractivity contribution in [2.45, 2.75) is 0 Å². The molecule has 0 radical (unpaired) electrons. The van der Waals surface area contributed by atoms with Crippen molar-refractivity contribution in [3.8, 4) is 0 Å². The zero-order chi connectivity index (χ0) is 6.69. The van der Waals surface area contributed by atoms with Gasteiger partial charge in [0.05, 0.1) is 0 Å². The van der Waals surface area contributed by atoms with E-state index in [1.54, 1.807) is 0 Å². The Morgan fingerprint density at radius 2 is 1.64 bits per heavy atom. The molecule has 0 unspecified atom stereocenters. The number of benzene rings is 1. The molecule has 1 rings (SSSR count). The second kappa shape index (κ2) is 7.80. The van der Waals surface area contributed by atoms with Crippen LogP contribution in [0.25, 0.3) is 0 Å². The van der Waals surface area contributed by atoms with Crippen molar-refractivity contribution in [3.63, 3.8) is 0 Å². The second-order valence-corrected chi connectivity index (χ2v) is 2.73. The molecule has 0 aliphatic carbocycles. The molecule has 0 amide bonds. The van der Waals surface area contributed by atoms with Gasteiger partial charge in [-0.3, -0.25) is 0 Å². The molecule has 0 spiro atoms. The van der Waals surface area contributed by atoms with Gasteiger partial charge in [0.2, 0.25) is 0 Å². The van der Waals surface area contributed by atoms with E-state index in [0.717, 1.165) is 5.56 Å². The van der Waals surface area contributed by atoms with Gasteiger partial charge in [-0.25, -0.2) is 0 Å². The van der Waals surface area contributed by atoms with Crippen molar-refractivity contribution in [1.29, 1.82) is 0 Å². The molecule has 1 aromatic carbocycles. The van der Waals surface area contributed by atoms with Gasteiger partial charge in [-0.1, -0.05) is 30.3 Å². The van der Waals surface area contributed by atoms with Crippen LogP contribution in [0.3, 0.4) is 0 Å². The molecule has 0 aromatic heterocycles. The van der Waals surface area contributed by atoms with Gasteiger partial charge in [-0.2, -0.15) is 0 Å². The fourth-order valence-electron chi connectivity index (χ4n) is 0.574. The molecule has 0 atom stereocenters. The van der Waals surface area contributed by atoms with Crippen molar-refractivity contribution in [1.82, 2.24) is 0 Å². The topological polar surface area (TPSA) is 0 Å². The minimum Gasteiger partial charge on any atom is -0.428 e. The summed E-state index contributed by atoms with van der Waals surface area (Å²) in [6, 6.07) is 9.61. The van der Waals surface area contributed by atoms with Gasteiger partial charge < -0.3 is 32.3 Å². The average Bonchev–Trinajstić information content (AvgIpc) is 1.90. The third-order valence-corrected chi connectivity index (χ3v) is 1.48. The molecule has 0 N–H and O–H groups in total. The Hall–Kier alpha value is 1.17. The van der Waals surface area contributed by atoms with Crippen LogP contribution in [0, 0.1) is 7.43 Å². The van der Waals surface area contributed by atoms with Gasteiger partial charge in [0, 0.05) is 0 Å². The maximum Gasteiger partial charge on any atom is 1.00 e. The summed E-state index contributed by atoms with van der Waals surface area (Å²) in [5.41, 5.74) is 0.961. The molecular formula is C8H8KS2-. The van der Waals surface area contributed by atoms with Gasteiger partial charge in [0.1, 0.15) is 0 Å². The molecule has 0 aliphatic rings. The van der Waals surface area contributed by atoms with Gasteiger partial charge in [-0.15, -0.1) is 4.20 Å². The van der Waals surface area contributed by atoms with Crippen LogP contribution in [0.15, 0.2) is 30.3 Å². The van der Waals surface area contributed by atoms with Crippen LogP contribution in [0.4, 0.5) is 0 Å². The van der Waals surface area contributed by atoms with Crippen molar-refractivity contribution in [2.75, 3.05) is 0 Å². The Morgan fingerprint density at radius 1 is 1.18 bits per heavy atom. The Morgan fingerprint density at radius 3 is 1.91 bits per heavy atom. The van der Waals surface area contributed by atoms with Crippen molar-refractivity contribution < 1.29 is 51.4 Å². The minimum absolute atomic E-state index is 0. The van der Waals surface area contributed by atoms with Gasteiger partial charge in [-0.05, 0) is 5.56 Å².